The Kier molecular flexibility index (Phi) is 2.75. The van der Waals surface area contributed by atoms with Gasteiger partial charge in [-0.05, 0) is 0 Å². The second-order valence-corrected chi connectivity index (χ2v) is 1.17. The van der Waals surface area contributed by atoms with Crippen molar-refractivity contribution >= 4 is 29.6 Å². The molecular weight excluding hydrogens is 137 g/mol. The van der Waals surface area contributed by atoms with E-state index in [1.807, 2.05) is 10.2 Å². The Morgan fingerprint density at radius 3 is 1.67 bits per heavy atom. The first-order valence-electron chi connectivity index (χ1n) is 1.81. The van der Waals surface area contributed by atoms with Gasteiger partial charge in [-0.15, -0.1) is 0 Å². The zero-order chi connectivity index (χ0) is 6.15. The third-order valence-electron chi connectivity index (χ3n) is 0.661. The average molecular weight is 140 g/mol. The number of aromatic amines is 2. The van der Waals surface area contributed by atoms with E-state index in [1.165, 1.54) is 0 Å². The first kappa shape index (κ1) is 8.54. The summed E-state index contributed by atoms with van der Waals surface area (Å²) in [5, 5.41) is 12.0. The monoisotopic (exact) mass is 140 g/mol. The predicted octanol–water partition coefficient (Wildman–Crippen LogP) is -2.28. The summed E-state index contributed by atoms with van der Waals surface area (Å²) in [6.07, 6.45) is 0. The van der Waals surface area contributed by atoms with Crippen molar-refractivity contribution in [2.24, 2.45) is 0 Å². The van der Waals surface area contributed by atoms with Crippen LogP contribution in [-0.2, 0) is 0 Å². The molecule has 1 aromatic heterocycles. The van der Waals surface area contributed by atoms with Crippen LogP contribution in [0.15, 0.2) is 9.59 Å². The van der Waals surface area contributed by atoms with Crippen molar-refractivity contribution in [2.45, 2.75) is 0 Å². The molecule has 6 nitrogen and oxygen atoms in total. The van der Waals surface area contributed by atoms with E-state index in [0.717, 1.165) is 0 Å². The number of nitrogens with zero attached hydrogens (tertiary/aromatic N) is 1. The maximum absolute atomic E-state index is 10.1. The summed E-state index contributed by atoms with van der Waals surface area (Å²) in [7, 11) is 0. The number of aromatic nitrogens is 3. The molecule has 45 valence electrons. The van der Waals surface area contributed by atoms with Crippen LogP contribution in [0, 0.1) is 0 Å². The van der Waals surface area contributed by atoms with Crippen molar-refractivity contribution in [3.63, 3.8) is 0 Å². The Morgan fingerprint density at radius 1 is 1.22 bits per heavy atom. The maximum atomic E-state index is 10.1. The topological polar surface area (TPSA) is 90.9 Å². The minimum atomic E-state index is -0.866. The van der Waals surface area contributed by atoms with Crippen molar-refractivity contribution in [3.8, 4) is 0 Å². The summed E-state index contributed by atoms with van der Waals surface area (Å²) in [6, 6.07) is 0. The predicted molar refractivity (Wildman–Crippen MR) is 28.6 cm³/mol. The number of H-pyrrole nitrogens is 2. The molecule has 1 radical (unpaired) electrons. The van der Waals surface area contributed by atoms with Gasteiger partial charge in [-0.1, -0.05) is 4.73 Å². The molecule has 0 aromatic carbocycles. The van der Waals surface area contributed by atoms with E-state index in [1.54, 1.807) is 0 Å². The van der Waals surface area contributed by atoms with E-state index in [4.69, 9.17) is 5.21 Å². The standard InChI is InChI=1S/C2H3N3O3.Na/c6-1-3-4-2(7)5(1)8;/h8H,(H,3,6)(H,4,7);. The van der Waals surface area contributed by atoms with E-state index >= 15 is 0 Å². The fourth-order valence-corrected chi connectivity index (χ4v) is 0.305. The average Bonchev–Trinajstić information content (AvgIpc) is 1.98. The summed E-state index contributed by atoms with van der Waals surface area (Å²) < 4.78 is -0.0556. The molecule has 3 N–H and O–H groups in total. The number of nitrogens with one attached hydrogen (secondary N) is 2. The fraction of sp³-hybridized carbons (Fsp3) is 0. The van der Waals surface area contributed by atoms with Gasteiger partial charge >= 0.3 is 11.4 Å². The molecule has 1 heterocycles. The summed E-state index contributed by atoms with van der Waals surface area (Å²) in [4.78, 5) is 20.1. The summed E-state index contributed by atoms with van der Waals surface area (Å²) >= 11 is 0. The molecule has 7 heteroatoms. The molecular formula is C2H3N3NaO3. The van der Waals surface area contributed by atoms with E-state index < -0.39 is 11.4 Å². The van der Waals surface area contributed by atoms with Gasteiger partial charge in [0.05, 0.1) is 0 Å². The van der Waals surface area contributed by atoms with Crippen molar-refractivity contribution < 1.29 is 5.21 Å². The second-order valence-electron chi connectivity index (χ2n) is 1.17. The minimum absolute atomic E-state index is 0. The zero-order valence-electron chi connectivity index (χ0n) is 4.71. The molecule has 1 rings (SSSR count). The quantitative estimate of drug-likeness (QED) is 0.280. The van der Waals surface area contributed by atoms with Crippen LogP contribution in [0.3, 0.4) is 0 Å². The Labute approximate surface area is 70.7 Å². The molecule has 9 heavy (non-hydrogen) atoms. The van der Waals surface area contributed by atoms with Crippen LogP contribution in [0.25, 0.3) is 0 Å². The number of hydrogen-bond acceptors (Lipinski definition) is 3. The number of hydrogen-bond donors (Lipinski definition) is 3. The van der Waals surface area contributed by atoms with Gasteiger partial charge in [0.1, 0.15) is 0 Å². The van der Waals surface area contributed by atoms with Crippen LogP contribution >= 0.6 is 0 Å². The van der Waals surface area contributed by atoms with Crippen LogP contribution in [-0.4, -0.2) is 49.7 Å². The van der Waals surface area contributed by atoms with Crippen LogP contribution in [0.4, 0.5) is 0 Å². The molecule has 0 unspecified atom stereocenters. The zero-order valence-corrected chi connectivity index (χ0v) is 6.71. The molecule has 0 spiro atoms. The largest absolute Gasteiger partial charge is 0.420 e. The van der Waals surface area contributed by atoms with Crippen molar-refractivity contribution in [1.82, 2.24) is 14.9 Å². The summed E-state index contributed by atoms with van der Waals surface area (Å²) in [5.74, 6) is 0. The van der Waals surface area contributed by atoms with E-state index in [-0.39, 0.29) is 34.3 Å². The van der Waals surface area contributed by atoms with Gasteiger partial charge in [0.2, 0.25) is 0 Å². The van der Waals surface area contributed by atoms with Gasteiger partial charge in [-0.2, -0.15) is 0 Å². The van der Waals surface area contributed by atoms with Gasteiger partial charge in [0.25, 0.3) is 0 Å². The van der Waals surface area contributed by atoms with Gasteiger partial charge in [0, 0.05) is 29.6 Å². The summed E-state index contributed by atoms with van der Waals surface area (Å²) in [6.45, 7) is 0. The van der Waals surface area contributed by atoms with E-state index in [9.17, 15) is 9.59 Å². The van der Waals surface area contributed by atoms with Gasteiger partial charge in [-0.3, -0.25) is 0 Å². The van der Waals surface area contributed by atoms with Crippen LogP contribution in [0.5, 0.6) is 0 Å². The maximum Gasteiger partial charge on any atom is 0.377 e. The molecule has 0 fully saturated rings. The van der Waals surface area contributed by atoms with Crippen molar-refractivity contribution in [2.75, 3.05) is 0 Å². The molecule has 0 saturated carbocycles. The van der Waals surface area contributed by atoms with Gasteiger partial charge in [-0.25, -0.2) is 19.8 Å². The first-order chi connectivity index (χ1) is 3.72. The molecule has 0 atom stereocenters. The summed E-state index contributed by atoms with van der Waals surface area (Å²) in [5.41, 5.74) is -1.73. The third-order valence-corrected chi connectivity index (χ3v) is 0.661. The Bertz CT molecular complexity index is 254. The van der Waals surface area contributed by atoms with E-state index in [2.05, 4.69) is 0 Å². The van der Waals surface area contributed by atoms with Gasteiger partial charge < -0.3 is 5.21 Å². The fourth-order valence-electron chi connectivity index (χ4n) is 0.305. The smallest absolute Gasteiger partial charge is 0.377 e. The molecule has 1 aromatic rings. The molecule has 0 aliphatic heterocycles. The van der Waals surface area contributed by atoms with E-state index in [0.29, 0.717) is 0 Å². The molecule has 0 aliphatic rings. The van der Waals surface area contributed by atoms with Crippen LogP contribution in [0.1, 0.15) is 0 Å². The van der Waals surface area contributed by atoms with Crippen molar-refractivity contribution in [3.05, 3.63) is 21.0 Å². The minimum Gasteiger partial charge on any atom is -0.420 e. The Balaban J connectivity index is 0.000000640. The molecule has 0 amide bonds. The Hall–Kier alpha value is -0.460. The molecule has 0 aliphatic carbocycles. The first-order valence-corrected chi connectivity index (χ1v) is 1.81. The van der Waals surface area contributed by atoms with Crippen LogP contribution in [0.2, 0.25) is 0 Å². The number of rotatable bonds is 0. The molecule has 0 bridgehead atoms. The SMILES string of the molecule is O=c1[nH][nH]c(=O)n1O.[Na]. The third kappa shape index (κ3) is 1.47. The van der Waals surface area contributed by atoms with Gasteiger partial charge in [0.15, 0.2) is 0 Å². The normalized spacial score (nSPS) is 8.44. The second kappa shape index (κ2) is 2.90. The Morgan fingerprint density at radius 2 is 1.56 bits per heavy atom. The van der Waals surface area contributed by atoms with Crippen LogP contribution < -0.4 is 11.4 Å². The van der Waals surface area contributed by atoms with Crippen molar-refractivity contribution in [1.29, 1.82) is 0 Å². The molecule has 0 saturated heterocycles.